The fraction of sp³-hybridized carbons (Fsp3) is 0.316. The minimum Gasteiger partial charge on any atom is -0.456 e. The first-order valence-electron chi connectivity index (χ1n) is 7.56. The van der Waals surface area contributed by atoms with Gasteiger partial charge in [0.15, 0.2) is 0 Å². The molecule has 2 aromatic rings. The fourth-order valence-electron chi connectivity index (χ4n) is 2.71. The first-order valence-corrected chi connectivity index (χ1v) is 7.56. The van der Waals surface area contributed by atoms with Gasteiger partial charge in [-0.05, 0) is 42.2 Å². The van der Waals surface area contributed by atoms with Crippen LogP contribution in [0.2, 0.25) is 0 Å². The van der Waals surface area contributed by atoms with Crippen LogP contribution in [0.1, 0.15) is 32.6 Å². The Balaban J connectivity index is 1.63. The second kappa shape index (κ2) is 6.32. The molecule has 0 amide bonds. The number of carbonyl (C=O) groups is 1. The summed E-state index contributed by atoms with van der Waals surface area (Å²) in [6, 6.07) is 14.0. The number of carbonyl (C=O) groups excluding carboxylic acids is 1. The van der Waals surface area contributed by atoms with Gasteiger partial charge in [0.25, 0.3) is 0 Å². The molecule has 0 aromatic heterocycles. The van der Waals surface area contributed by atoms with Crippen molar-refractivity contribution in [1.82, 2.24) is 0 Å². The summed E-state index contributed by atoms with van der Waals surface area (Å²) < 4.78 is 11.2. The van der Waals surface area contributed by atoms with Gasteiger partial charge in [-0.2, -0.15) is 0 Å². The predicted molar refractivity (Wildman–Crippen MR) is 84.9 cm³/mol. The standard InChI is InChI=1S/C19H20O3/c1-13-8-16-10-17(22-19(20)18(16)9-14(13)2)12-21-11-15-6-4-3-5-7-15/h3-9,17H,10-12H2,1-2H3. The molecular weight excluding hydrogens is 276 g/mol. The lowest BCUT2D eigenvalue weighted by Gasteiger charge is -2.25. The number of hydrogen-bond acceptors (Lipinski definition) is 3. The van der Waals surface area contributed by atoms with E-state index in [4.69, 9.17) is 9.47 Å². The molecule has 0 fully saturated rings. The summed E-state index contributed by atoms with van der Waals surface area (Å²) in [6.07, 6.45) is 0.516. The van der Waals surface area contributed by atoms with Gasteiger partial charge in [-0.15, -0.1) is 0 Å². The maximum Gasteiger partial charge on any atom is 0.338 e. The number of fused-ring (bicyclic) bond motifs is 1. The Morgan fingerprint density at radius 1 is 1.14 bits per heavy atom. The van der Waals surface area contributed by atoms with E-state index in [2.05, 4.69) is 13.0 Å². The Labute approximate surface area is 130 Å². The van der Waals surface area contributed by atoms with Gasteiger partial charge in [0.2, 0.25) is 0 Å². The van der Waals surface area contributed by atoms with Crippen LogP contribution in [0.3, 0.4) is 0 Å². The van der Waals surface area contributed by atoms with Gasteiger partial charge < -0.3 is 9.47 Å². The first-order chi connectivity index (χ1) is 10.6. The molecule has 3 nitrogen and oxygen atoms in total. The van der Waals surface area contributed by atoms with Crippen LogP contribution in [-0.4, -0.2) is 18.7 Å². The molecule has 0 N–H and O–H groups in total. The van der Waals surface area contributed by atoms with Crippen LogP contribution in [-0.2, 0) is 22.5 Å². The lowest BCUT2D eigenvalue weighted by molar-refractivity contribution is -0.0123. The fourth-order valence-corrected chi connectivity index (χ4v) is 2.71. The average Bonchev–Trinajstić information content (AvgIpc) is 2.50. The monoisotopic (exact) mass is 296 g/mol. The van der Waals surface area contributed by atoms with Crippen LogP contribution in [0.4, 0.5) is 0 Å². The lowest BCUT2D eigenvalue weighted by Crippen LogP contribution is -2.31. The molecule has 2 aromatic carbocycles. The Hall–Kier alpha value is -2.13. The summed E-state index contributed by atoms with van der Waals surface area (Å²) in [7, 11) is 0. The summed E-state index contributed by atoms with van der Waals surface area (Å²) in [4.78, 5) is 12.1. The lowest BCUT2D eigenvalue weighted by atomic mass is 9.94. The minimum atomic E-state index is -0.238. The third kappa shape index (κ3) is 3.20. The van der Waals surface area contributed by atoms with Crippen molar-refractivity contribution in [3.8, 4) is 0 Å². The second-order valence-electron chi connectivity index (χ2n) is 5.83. The van der Waals surface area contributed by atoms with Crippen molar-refractivity contribution in [2.75, 3.05) is 6.61 Å². The van der Waals surface area contributed by atoms with Crippen molar-refractivity contribution in [3.05, 3.63) is 70.3 Å². The van der Waals surface area contributed by atoms with Crippen molar-refractivity contribution in [3.63, 3.8) is 0 Å². The normalized spacial score (nSPS) is 17.0. The minimum absolute atomic E-state index is 0.203. The Bertz CT molecular complexity index is 677. The molecule has 1 unspecified atom stereocenters. The molecular formula is C19H20O3. The molecule has 3 heteroatoms. The van der Waals surface area contributed by atoms with E-state index in [1.807, 2.05) is 43.3 Å². The molecule has 0 saturated carbocycles. The number of benzene rings is 2. The van der Waals surface area contributed by atoms with Crippen molar-refractivity contribution >= 4 is 5.97 Å². The van der Waals surface area contributed by atoms with Gasteiger partial charge in [-0.25, -0.2) is 4.79 Å². The number of cyclic esters (lactones) is 1. The van der Waals surface area contributed by atoms with Gasteiger partial charge in [0.05, 0.1) is 18.8 Å². The molecule has 1 aliphatic rings. The maximum absolute atomic E-state index is 12.1. The Morgan fingerprint density at radius 3 is 2.64 bits per heavy atom. The van der Waals surface area contributed by atoms with Crippen molar-refractivity contribution in [2.24, 2.45) is 0 Å². The SMILES string of the molecule is Cc1cc2c(cc1C)C(=O)OC(COCc1ccccc1)C2. The number of ether oxygens (including phenoxy) is 2. The van der Waals surface area contributed by atoms with Crippen LogP contribution in [0.15, 0.2) is 42.5 Å². The van der Waals surface area contributed by atoms with E-state index in [1.165, 1.54) is 5.56 Å². The van der Waals surface area contributed by atoms with Crippen LogP contribution < -0.4 is 0 Å². The van der Waals surface area contributed by atoms with Crippen LogP contribution >= 0.6 is 0 Å². The second-order valence-corrected chi connectivity index (χ2v) is 5.83. The van der Waals surface area contributed by atoms with E-state index in [0.717, 1.165) is 23.1 Å². The number of hydrogen-bond donors (Lipinski definition) is 0. The highest BCUT2D eigenvalue weighted by Crippen LogP contribution is 2.24. The summed E-state index contributed by atoms with van der Waals surface area (Å²) in [5.41, 5.74) is 5.21. The van der Waals surface area contributed by atoms with Gasteiger partial charge in [0, 0.05) is 6.42 Å². The quantitative estimate of drug-likeness (QED) is 0.809. The van der Waals surface area contributed by atoms with Crippen molar-refractivity contribution in [1.29, 1.82) is 0 Å². The first kappa shape index (κ1) is 14.8. The van der Waals surface area contributed by atoms with Crippen LogP contribution in [0.25, 0.3) is 0 Å². The van der Waals surface area contributed by atoms with Gasteiger partial charge >= 0.3 is 5.97 Å². The van der Waals surface area contributed by atoms with Crippen molar-refractivity contribution in [2.45, 2.75) is 33.0 Å². The van der Waals surface area contributed by atoms with Crippen molar-refractivity contribution < 1.29 is 14.3 Å². The predicted octanol–water partition coefficient (Wildman–Crippen LogP) is 3.60. The third-order valence-electron chi connectivity index (χ3n) is 4.08. The molecule has 1 atom stereocenters. The van der Waals surface area contributed by atoms with E-state index < -0.39 is 0 Å². The molecule has 1 heterocycles. The highest BCUT2D eigenvalue weighted by atomic mass is 16.6. The summed E-state index contributed by atoms with van der Waals surface area (Å²) >= 11 is 0. The molecule has 0 bridgehead atoms. The Kier molecular flexibility index (Phi) is 4.25. The average molecular weight is 296 g/mol. The number of aryl methyl sites for hydroxylation is 2. The zero-order valence-electron chi connectivity index (χ0n) is 13.0. The smallest absolute Gasteiger partial charge is 0.338 e. The van der Waals surface area contributed by atoms with Crippen LogP contribution in [0, 0.1) is 13.8 Å². The molecule has 0 spiro atoms. The zero-order valence-corrected chi connectivity index (χ0v) is 13.0. The number of rotatable bonds is 4. The van der Waals surface area contributed by atoms with E-state index in [1.54, 1.807) is 0 Å². The van der Waals surface area contributed by atoms with Gasteiger partial charge in [-0.1, -0.05) is 36.4 Å². The topological polar surface area (TPSA) is 35.5 Å². The molecule has 3 rings (SSSR count). The van der Waals surface area contributed by atoms with E-state index in [9.17, 15) is 4.79 Å². The molecule has 0 aliphatic carbocycles. The molecule has 0 saturated heterocycles. The largest absolute Gasteiger partial charge is 0.456 e. The van der Waals surface area contributed by atoms with Gasteiger partial charge in [0.1, 0.15) is 6.10 Å². The number of esters is 1. The van der Waals surface area contributed by atoms with E-state index in [0.29, 0.717) is 18.8 Å². The van der Waals surface area contributed by atoms with E-state index >= 15 is 0 Å². The highest BCUT2D eigenvalue weighted by Gasteiger charge is 2.26. The third-order valence-corrected chi connectivity index (χ3v) is 4.08. The van der Waals surface area contributed by atoms with Crippen LogP contribution in [0.5, 0.6) is 0 Å². The molecule has 1 aliphatic heterocycles. The Morgan fingerprint density at radius 2 is 1.86 bits per heavy atom. The zero-order chi connectivity index (χ0) is 15.5. The summed E-state index contributed by atoms with van der Waals surface area (Å²) in [5, 5.41) is 0. The molecule has 0 radical (unpaired) electrons. The molecule has 22 heavy (non-hydrogen) atoms. The summed E-state index contributed by atoms with van der Waals surface area (Å²) in [6.45, 7) is 5.04. The maximum atomic E-state index is 12.1. The van der Waals surface area contributed by atoms with E-state index in [-0.39, 0.29) is 12.1 Å². The molecule has 114 valence electrons. The summed E-state index contributed by atoms with van der Waals surface area (Å²) in [5.74, 6) is -0.238. The highest BCUT2D eigenvalue weighted by molar-refractivity contribution is 5.92. The van der Waals surface area contributed by atoms with Gasteiger partial charge in [-0.3, -0.25) is 0 Å².